The van der Waals surface area contributed by atoms with Crippen molar-refractivity contribution in [2.45, 2.75) is 32.9 Å². The van der Waals surface area contributed by atoms with Crippen LogP contribution in [-0.2, 0) is 4.79 Å². The summed E-state index contributed by atoms with van der Waals surface area (Å²) in [6, 6.07) is 14.1. The molecule has 0 spiro atoms. The molecule has 0 bridgehead atoms. The summed E-state index contributed by atoms with van der Waals surface area (Å²) in [5, 5.41) is 28.3. The summed E-state index contributed by atoms with van der Waals surface area (Å²) >= 11 is 0. The normalized spacial score (nSPS) is 12.6. The highest BCUT2D eigenvalue weighted by Gasteiger charge is 2.27. The monoisotopic (exact) mass is 435 g/mol. The fraction of sp³-hybridized carbons (Fsp3) is 0.208. The predicted molar refractivity (Wildman–Crippen MR) is 123 cm³/mol. The number of nitrogens with one attached hydrogen (secondary N) is 3. The Morgan fingerprint density at radius 3 is 2.03 bits per heavy atom. The Morgan fingerprint density at radius 2 is 1.47 bits per heavy atom. The van der Waals surface area contributed by atoms with E-state index in [-0.39, 0.29) is 11.3 Å². The van der Waals surface area contributed by atoms with Gasteiger partial charge in [0.25, 0.3) is 5.91 Å². The summed E-state index contributed by atoms with van der Waals surface area (Å²) in [6.45, 7) is 5.02. The number of aliphatic hydroxyl groups excluding tert-OH is 1. The largest absolute Gasteiger partial charge is 0.480 e. The highest BCUT2D eigenvalue weighted by molar-refractivity contribution is 6.10. The number of fused-ring (bicyclic) bond motifs is 1. The molecule has 166 valence electrons. The Labute approximate surface area is 185 Å². The van der Waals surface area contributed by atoms with Crippen LogP contribution in [0.15, 0.2) is 54.6 Å². The lowest BCUT2D eigenvalue weighted by atomic mass is 10.0. The van der Waals surface area contributed by atoms with Gasteiger partial charge in [-0.2, -0.15) is 0 Å². The van der Waals surface area contributed by atoms with Gasteiger partial charge in [-0.05, 0) is 54.8 Å². The number of hydrogen-bond acceptors (Lipinski definition) is 4. The van der Waals surface area contributed by atoms with Crippen LogP contribution in [0.1, 0.15) is 28.4 Å². The van der Waals surface area contributed by atoms with Crippen molar-refractivity contribution in [3.63, 3.8) is 0 Å². The van der Waals surface area contributed by atoms with Crippen LogP contribution in [0.2, 0.25) is 0 Å². The molecular formula is C24H25N3O5. The van der Waals surface area contributed by atoms with E-state index in [9.17, 15) is 24.6 Å². The number of benzene rings is 3. The highest BCUT2D eigenvalue weighted by atomic mass is 16.4. The van der Waals surface area contributed by atoms with Crippen molar-refractivity contribution in [1.29, 1.82) is 0 Å². The van der Waals surface area contributed by atoms with Gasteiger partial charge in [0.2, 0.25) is 0 Å². The molecule has 0 saturated carbocycles. The molecule has 0 aliphatic rings. The predicted octanol–water partition coefficient (Wildman–Crippen LogP) is 3.66. The number of hydrogen-bond donors (Lipinski definition) is 5. The summed E-state index contributed by atoms with van der Waals surface area (Å²) < 4.78 is 0. The first-order valence-corrected chi connectivity index (χ1v) is 10.1. The van der Waals surface area contributed by atoms with Crippen molar-refractivity contribution in [1.82, 2.24) is 5.32 Å². The molecule has 0 aromatic heterocycles. The van der Waals surface area contributed by atoms with Gasteiger partial charge in [0.15, 0.2) is 6.04 Å². The van der Waals surface area contributed by atoms with Crippen LogP contribution in [0.25, 0.3) is 10.8 Å². The lowest BCUT2D eigenvalue weighted by Crippen LogP contribution is -2.47. The van der Waals surface area contributed by atoms with E-state index in [2.05, 4.69) is 16.0 Å². The van der Waals surface area contributed by atoms with Crippen molar-refractivity contribution >= 4 is 40.1 Å². The van der Waals surface area contributed by atoms with Crippen LogP contribution in [0.3, 0.4) is 0 Å². The summed E-state index contributed by atoms with van der Waals surface area (Å²) in [5.74, 6) is -2.09. The van der Waals surface area contributed by atoms with Gasteiger partial charge < -0.3 is 26.2 Å². The van der Waals surface area contributed by atoms with Gasteiger partial charge in [0.05, 0.1) is 17.4 Å². The van der Waals surface area contributed by atoms with E-state index in [1.165, 1.54) is 6.92 Å². The maximum atomic E-state index is 12.9. The molecule has 0 aliphatic heterocycles. The molecule has 32 heavy (non-hydrogen) atoms. The first-order chi connectivity index (χ1) is 15.2. The molecule has 5 N–H and O–H groups in total. The highest BCUT2D eigenvalue weighted by Crippen LogP contribution is 2.26. The number of carboxylic acids is 1. The fourth-order valence-corrected chi connectivity index (χ4v) is 3.42. The van der Waals surface area contributed by atoms with E-state index < -0.39 is 30.1 Å². The molecular weight excluding hydrogens is 410 g/mol. The zero-order valence-corrected chi connectivity index (χ0v) is 18.0. The van der Waals surface area contributed by atoms with E-state index in [1.807, 2.05) is 44.2 Å². The second-order valence-electron chi connectivity index (χ2n) is 7.62. The standard InChI is InChI=1S/C24H25N3O5/c1-13-7-6-8-14(2)20(13)27-24(32)25-19-12-17-10-5-4-9-16(17)11-18(19)22(29)26-21(15(3)28)23(30)31/h4-12,15,21,28H,1-3H3,(H,26,29)(H,30,31)(H2,25,27,32)/t15-,21+/m1/s1. The molecule has 8 heteroatoms. The van der Waals surface area contributed by atoms with E-state index in [0.29, 0.717) is 5.69 Å². The number of urea groups is 1. The van der Waals surface area contributed by atoms with E-state index in [1.54, 1.807) is 24.3 Å². The molecule has 0 fully saturated rings. The van der Waals surface area contributed by atoms with Crippen molar-refractivity contribution < 1.29 is 24.6 Å². The lowest BCUT2D eigenvalue weighted by Gasteiger charge is -2.19. The third kappa shape index (κ3) is 5.04. The maximum Gasteiger partial charge on any atom is 0.328 e. The first-order valence-electron chi connectivity index (χ1n) is 10.1. The number of carbonyl (C=O) groups excluding carboxylic acids is 2. The van der Waals surface area contributed by atoms with E-state index in [4.69, 9.17) is 0 Å². The molecule has 8 nitrogen and oxygen atoms in total. The molecule has 3 aromatic carbocycles. The van der Waals surface area contributed by atoms with Crippen LogP contribution in [0.5, 0.6) is 0 Å². The summed E-state index contributed by atoms with van der Waals surface area (Å²) in [6.07, 6.45) is -1.30. The smallest absolute Gasteiger partial charge is 0.328 e. The minimum Gasteiger partial charge on any atom is -0.480 e. The van der Waals surface area contributed by atoms with Crippen molar-refractivity contribution in [3.8, 4) is 0 Å². The van der Waals surface area contributed by atoms with E-state index in [0.717, 1.165) is 21.9 Å². The average molecular weight is 435 g/mol. The van der Waals surface area contributed by atoms with Gasteiger partial charge in [0.1, 0.15) is 0 Å². The molecule has 3 aromatic rings. The first kappa shape index (κ1) is 22.8. The van der Waals surface area contributed by atoms with Gasteiger partial charge >= 0.3 is 12.0 Å². The summed E-state index contributed by atoms with van der Waals surface area (Å²) in [5.41, 5.74) is 2.72. The molecule has 2 atom stereocenters. The maximum absolute atomic E-state index is 12.9. The van der Waals surface area contributed by atoms with Crippen LogP contribution in [-0.4, -0.2) is 40.3 Å². The Balaban J connectivity index is 1.95. The minimum atomic E-state index is -1.50. The molecule has 0 aliphatic carbocycles. The van der Waals surface area contributed by atoms with Gasteiger partial charge in [-0.3, -0.25) is 4.79 Å². The molecule has 0 saturated heterocycles. The average Bonchev–Trinajstić information content (AvgIpc) is 2.73. The van der Waals surface area contributed by atoms with Crippen molar-refractivity contribution in [3.05, 3.63) is 71.3 Å². The molecule has 0 radical (unpaired) electrons. The van der Waals surface area contributed by atoms with Gasteiger partial charge in [-0.25, -0.2) is 9.59 Å². The van der Waals surface area contributed by atoms with Gasteiger partial charge in [-0.15, -0.1) is 0 Å². The topological polar surface area (TPSA) is 128 Å². The Bertz CT molecular complexity index is 1170. The third-order valence-electron chi connectivity index (χ3n) is 5.13. The minimum absolute atomic E-state index is 0.0762. The lowest BCUT2D eigenvalue weighted by molar-refractivity contribution is -0.141. The van der Waals surface area contributed by atoms with Crippen LogP contribution < -0.4 is 16.0 Å². The SMILES string of the molecule is Cc1cccc(C)c1NC(=O)Nc1cc2ccccc2cc1C(=O)N[C@H](C(=O)O)[C@@H](C)O. The quantitative estimate of drug-likeness (QED) is 0.404. The number of aliphatic carboxylic acids is 1. The fourth-order valence-electron chi connectivity index (χ4n) is 3.42. The summed E-state index contributed by atoms with van der Waals surface area (Å²) in [4.78, 5) is 37.1. The Hall–Kier alpha value is -3.91. The number of carboxylic acid groups (broad SMARTS) is 1. The number of aliphatic hydroxyl groups is 1. The molecule has 0 heterocycles. The van der Waals surface area contributed by atoms with Crippen molar-refractivity contribution in [2.75, 3.05) is 10.6 Å². The van der Waals surface area contributed by atoms with Crippen LogP contribution >= 0.6 is 0 Å². The zero-order chi connectivity index (χ0) is 23.4. The number of amides is 3. The number of para-hydroxylation sites is 1. The Morgan fingerprint density at radius 1 is 0.875 bits per heavy atom. The van der Waals surface area contributed by atoms with Crippen molar-refractivity contribution in [2.24, 2.45) is 0 Å². The summed E-state index contributed by atoms with van der Waals surface area (Å²) in [7, 11) is 0. The van der Waals surface area contributed by atoms with Crippen LogP contribution in [0, 0.1) is 13.8 Å². The number of rotatable bonds is 6. The molecule has 0 unspecified atom stereocenters. The number of carbonyl (C=O) groups is 3. The molecule has 3 rings (SSSR count). The Kier molecular flexibility index (Phi) is 6.75. The van der Waals surface area contributed by atoms with Gasteiger partial charge in [0, 0.05) is 5.69 Å². The van der Waals surface area contributed by atoms with Gasteiger partial charge in [-0.1, -0.05) is 42.5 Å². The number of anilines is 2. The van der Waals surface area contributed by atoms with Crippen LogP contribution in [0.4, 0.5) is 16.2 Å². The third-order valence-corrected chi connectivity index (χ3v) is 5.13. The molecule has 3 amide bonds. The second kappa shape index (κ2) is 9.49. The number of aryl methyl sites for hydroxylation is 2. The van der Waals surface area contributed by atoms with E-state index >= 15 is 0 Å². The second-order valence-corrected chi connectivity index (χ2v) is 7.62. The zero-order valence-electron chi connectivity index (χ0n) is 18.0.